The molecule has 1 aliphatic rings. The molecule has 0 saturated carbocycles. The molecule has 5 heteroatoms. The van der Waals surface area contributed by atoms with Gasteiger partial charge >= 0.3 is 6.09 Å². The lowest BCUT2D eigenvalue weighted by Gasteiger charge is -2.24. The van der Waals surface area contributed by atoms with Crippen LogP contribution in [0, 0.1) is 0 Å². The monoisotopic (exact) mass is 293 g/mol. The van der Waals surface area contributed by atoms with Gasteiger partial charge in [-0.25, -0.2) is 9.78 Å². The molecule has 118 valence electrons. The maximum absolute atomic E-state index is 12.1. The van der Waals surface area contributed by atoms with Gasteiger partial charge in [0.2, 0.25) is 0 Å². The van der Waals surface area contributed by atoms with Crippen molar-refractivity contribution in [3.05, 3.63) is 18.2 Å². The van der Waals surface area contributed by atoms with Crippen LogP contribution >= 0.6 is 0 Å². The Morgan fingerprint density at radius 1 is 1.52 bits per heavy atom. The predicted molar refractivity (Wildman–Crippen MR) is 82.4 cm³/mol. The van der Waals surface area contributed by atoms with E-state index in [0.29, 0.717) is 12.0 Å². The first kappa shape index (κ1) is 15.9. The van der Waals surface area contributed by atoms with Crippen molar-refractivity contribution >= 4 is 6.09 Å². The Morgan fingerprint density at radius 3 is 2.86 bits per heavy atom. The summed E-state index contributed by atoms with van der Waals surface area (Å²) >= 11 is 0. The third-order valence-corrected chi connectivity index (χ3v) is 4.02. The average Bonchev–Trinajstić information content (AvgIpc) is 3.03. The minimum absolute atomic E-state index is 0.209. The van der Waals surface area contributed by atoms with Gasteiger partial charge in [-0.05, 0) is 40.5 Å². The summed E-state index contributed by atoms with van der Waals surface area (Å²) in [6, 6.07) is 0.443. The van der Waals surface area contributed by atoms with E-state index in [-0.39, 0.29) is 6.09 Å². The highest BCUT2D eigenvalue weighted by molar-refractivity contribution is 5.68. The van der Waals surface area contributed by atoms with Crippen molar-refractivity contribution in [3.63, 3.8) is 0 Å². The molecule has 1 aliphatic heterocycles. The molecule has 0 aromatic carbocycles. The number of carbonyl (C=O) groups is 1. The van der Waals surface area contributed by atoms with Crippen LogP contribution in [0.1, 0.15) is 65.1 Å². The first-order chi connectivity index (χ1) is 9.81. The predicted octanol–water partition coefficient (Wildman–Crippen LogP) is 3.58. The quantitative estimate of drug-likeness (QED) is 0.855. The van der Waals surface area contributed by atoms with Gasteiger partial charge in [0.1, 0.15) is 5.60 Å². The third-order valence-electron chi connectivity index (χ3n) is 4.02. The van der Waals surface area contributed by atoms with Crippen LogP contribution in [0.15, 0.2) is 12.5 Å². The van der Waals surface area contributed by atoms with Crippen molar-refractivity contribution in [2.45, 2.75) is 65.0 Å². The molecular weight excluding hydrogens is 266 g/mol. The summed E-state index contributed by atoms with van der Waals surface area (Å²) in [6.07, 6.45) is 5.68. The zero-order valence-corrected chi connectivity index (χ0v) is 13.8. The zero-order chi connectivity index (χ0) is 15.6. The van der Waals surface area contributed by atoms with E-state index in [0.717, 1.165) is 25.9 Å². The molecule has 0 N–H and O–H groups in total. The summed E-state index contributed by atoms with van der Waals surface area (Å²) in [7, 11) is 0. The molecule has 1 aromatic heterocycles. The van der Waals surface area contributed by atoms with Crippen LogP contribution in [0.5, 0.6) is 0 Å². The molecule has 0 aliphatic carbocycles. The Hall–Kier alpha value is -1.52. The molecule has 0 spiro atoms. The number of imidazole rings is 1. The SMILES string of the molecule is CCC(C)n1cncc1C1CCN(C(=O)OC(C)(C)C)C1. The van der Waals surface area contributed by atoms with Crippen LogP contribution in [0.25, 0.3) is 0 Å². The standard InChI is InChI=1S/C16H27N3O2/c1-6-12(2)19-11-17-9-14(19)13-7-8-18(10-13)15(20)21-16(3,4)5/h9,11-13H,6-8,10H2,1-5H3. The van der Waals surface area contributed by atoms with Gasteiger partial charge in [-0.15, -0.1) is 0 Å². The van der Waals surface area contributed by atoms with Gasteiger partial charge in [0, 0.05) is 36.9 Å². The number of aromatic nitrogens is 2. The Bertz CT molecular complexity index is 490. The van der Waals surface area contributed by atoms with E-state index in [4.69, 9.17) is 4.74 Å². The second kappa shape index (κ2) is 6.08. The number of nitrogens with zero attached hydrogens (tertiary/aromatic N) is 3. The fraction of sp³-hybridized carbons (Fsp3) is 0.750. The molecule has 1 saturated heterocycles. The smallest absolute Gasteiger partial charge is 0.410 e. The summed E-state index contributed by atoms with van der Waals surface area (Å²) < 4.78 is 7.69. The molecule has 21 heavy (non-hydrogen) atoms. The van der Waals surface area contributed by atoms with E-state index in [9.17, 15) is 4.79 Å². The Morgan fingerprint density at radius 2 is 2.24 bits per heavy atom. The highest BCUT2D eigenvalue weighted by atomic mass is 16.6. The van der Waals surface area contributed by atoms with Crippen molar-refractivity contribution in [3.8, 4) is 0 Å². The Balaban J connectivity index is 2.03. The fourth-order valence-electron chi connectivity index (χ4n) is 2.69. The molecule has 2 unspecified atom stereocenters. The number of likely N-dealkylation sites (tertiary alicyclic amines) is 1. The number of rotatable bonds is 3. The largest absolute Gasteiger partial charge is 0.444 e. The number of ether oxygens (including phenoxy) is 1. The van der Waals surface area contributed by atoms with Crippen LogP contribution < -0.4 is 0 Å². The van der Waals surface area contributed by atoms with E-state index in [2.05, 4.69) is 23.4 Å². The lowest BCUT2D eigenvalue weighted by Crippen LogP contribution is -2.35. The first-order valence-corrected chi connectivity index (χ1v) is 7.81. The van der Waals surface area contributed by atoms with Crippen LogP contribution in [0.2, 0.25) is 0 Å². The van der Waals surface area contributed by atoms with Gasteiger partial charge in [-0.2, -0.15) is 0 Å². The molecule has 1 aromatic rings. The third kappa shape index (κ3) is 3.77. The first-order valence-electron chi connectivity index (χ1n) is 7.81. The van der Waals surface area contributed by atoms with Gasteiger partial charge in [0.25, 0.3) is 0 Å². The van der Waals surface area contributed by atoms with Gasteiger partial charge < -0.3 is 14.2 Å². The van der Waals surface area contributed by atoms with Gasteiger partial charge in [-0.1, -0.05) is 6.92 Å². The summed E-state index contributed by atoms with van der Waals surface area (Å²) in [5, 5.41) is 0. The van der Waals surface area contributed by atoms with Crippen LogP contribution in [0.4, 0.5) is 4.79 Å². The second-order valence-corrected chi connectivity index (χ2v) is 6.90. The zero-order valence-electron chi connectivity index (χ0n) is 13.8. The summed E-state index contributed by atoms with van der Waals surface area (Å²) in [4.78, 5) is 18.2. The van der Waals surface area contributed by atoms with Gasteiger partial charge in [0.05, 0.1) is 6.33 Å². The molecule has 2 heterocycles. The van der Waals surface area contributed by atoms with Crippen LogP contribution in [0.3, 0.4) is 0 Å². The molecule has 0 bridgehead atoms. The van der Waals surface area contributed by atoms with Gasteiger partial charge in [-0.3, -0.25) is 0 Å². The van der Waals surface area contributed by atoms with Gasteiger partial charge in [0.15, 0.2) is 0 Å². The highest BCUT2D eigenvalue weighted by Crippen LogP contribution is 2.30. The molecular formula is C16H27N3O2. The van der Waals surface area contributed by atoms with Crippen LogP contribution in [-0.2, 0) is 4.74 Å². The molecule has 5 nitrogen and oxygen atoms in total. The van der Waals surface area contributed by atoms with E-state index in [1.54, 1.807) is 0 Å². The Labute approximate surface area is 127 Å². The fourth-order valence-corrected chi connectivity index (χ4v) is 2.69. The maximum Gasteiger partial charge on any atom is 0.410 e. The molecule has 2 atom stereocenters. The summed E-state index contributed by atoms with van der Waals surface area (Å²) in [5.74, 6) is 0.356. The van der Waals surface area contributed by atoms with Crippen molar-refractivity contribution in [1.29, 1.82) is 0 Å². The molecule has 1 fully saturated rings. The van der Waals surface area contributed by atoms with E-state index in [1.165, 1.54) is 5.69 Å². The van der Waals surface area contributed by atoms with Crippen molar-refractivity contribution in [1.82, 2.24) is 14.5 Å². The minimum Gasteiger partial charge on any atom is -0.444 e. The van der Waals surface area contributed by atoms with Crippen molar-refractivity contribution < 1.29 is 9.53 Å². The number of amides is 1. The topological polar surface area (TPSA) is 47.4 Å². The average molecular weight is 293 g/mol. The lowest BCUT2D eigenvalue weighted by atomic mass is 10.0. The molecule has 0 radical (unpaired) electrons. The molecule has 1 amide bonds. The van der Waals surface area contributed by atoms with Crippen LogP contribution in [-0.4, -0.2) is 39.2 Å². The number of hydrogen-bond donors (Lipinski definition) is 0. The normalized spacial score (nSPS) is 20.6. The molecule has 2 rings (SSSR count). The number of hydrogen-bond acceptors (Lipinski definition) is 3. The second-order valence-electron chi connectivity index (χ2n) is 6.90. The Kier molecular flexibility index (Phi) is 4.59. The van der Waals surface area contributed by atoms with Crippen molar-refractivity contribution in [2.75, 3.05) is 13.1 Å². The lowest BCUT2D eigenvalue weighted by molar-refractivity contribution is 0.0292. The number of carbonyl (C=O) groups excluding carboxylic acids is 1. The van der Waals surface area contributed by atoms with E-state index < -0.39 is 5.60 Å². The minimum atomic E-state index is -0.437. The van der Waals surface area contributed by atoms with Crippen molar-refractivity contribution in [2.24, 2.45) is 0 Å². The van der Waals surface area contributed by atoms with E-state index >= 15 is 0 Å². The highest BCUT2D eigenvalue weighted by Gasteiger charge is 2.32. The summed E-state index contributed by atoms with van der Waals surface area (Å²) in [5.41, 5.74) is 0.795. The maximum atomic E-state index is 12.1. The van der Waals surface area contributed by atoms with E-state index in [1.807, 2.05) is 38.2 Å². The summed E-state index contributed by atoms with van der Waals surface area (Å²) in [6.45, 7) is 11.5.